The van der Waals surface area contributed by atoms with Gasteiger partial charge in [-0.05, 0) is 18.6 Å². The highest BCUT2D eigenvalue weighted by Crippen LogP contribution is 2.17. The van der Waals surface area contributed by atoms with Crippen molar-refractivity contribution in [3.63, 3.8) is 0 Å². The molecule has 1 aliphatic rings. The average Bonchev–Trinajstić information content (AvgIpc) is 2.69. The molecular formula is C10H13ClN4O3S. The van der Waals surface area contributed by atoms with Crippen LogP contribution in [0.25, 0.3) is 0 Å². The van der Waals surface area contributed by atoms with Crippen molar-refractivity contribution in [2.45, 2.75) is 12.5 Å². The Morgan fingerprint density at radius 2 is 2.21 bits per heavy atom. The topological polar surface area (TPSA) is 114 Å². The van der Waals surface area contributed by atoms with E-state index in [9.17, 15) is 13.2 Å². The van der Waals surface area contributed by atoms with Gasteiger partial charge in [0.25, 0.3) is 5.91 Å². The number of nitrogens with two attached hydrogens (primary N) is 1. The molecule has 1 amide bonds. The minimum Gasteiger partial charge on any atom is -0.347 e. The molecule has 2 rings (SSSR count). The fraction of sp³-hybridized carbons (Fsp3) is 0.400. The van der Waals surface area contributed by atoms with Gasteiger partial charge in [-0.1, -0.05) is 11.6 Å². The fourth-order valence-electron chi connectivity index (χ4n) is 1.84. The maximum Gasteiger partial charge on any atom is 0.271 e. The van der Waals surface area contributed by atoms with Gasteiger partial charge in [0.15, 0.2) is 9.84 Å². The van der Waals surface area contributed by atoms with E-state index >= 15 is 0 Å². The number of halogens is 1. The van der Waals surface area contributed by atoms with Crippen molar-refractivity contribution in [1.82, 2.24) is 10.3 Å². The molecule has 0 saturated carbocycles. The maximum atomic E-state index is 12.0. The Kier molecular flexibility index (Phi) is 3.93. The molecule has 0 aromatic carbocycles. The van der Waals surface area contributed by atoms with E-state index in [-0.39, 0.29) is 22.2 Å². The van der Waals surface area contributed by atoms with Crippen LogP contribution in [0.5, 0.6) is 0 Å². The highest BCUT2D eigenvalue weighted by atomic mass is 35.5. The number of carbonyl (C=O) groups excluding carboxylic acids is 1. The summed E-state index contributed by atoms with van der Waals surface area (Å²) in [6.45, 7) is 0. The number of nitrogens with zero attached hydrogens (tertiary/aromatic N) is 1. The van der Waals surface area contributed by atoms with E-state index in [1.54, 1.807) is 0 Å². The number of hydrazine groups is 1. The predicted octanol–water partition coefficient (Wildman–Crippen LogP) is -0.0625. The van der Waals surface area contributed by atoms with E-state index < -0.39 is 21.8 Å². The number of anilines is 1. The first kappa shape index (κ1) is 14.0. The molecule has 0 spiro atoms. The van der Waals surface area contributed by atoms with Crippen LogP contribution in [0.1, 0.15) is 16.9 Å². The van der Waals surface area contributed by atoms with Crippen LogP contribution in [0, 0.1) is 0 Å². The summed E-state index contributed by atoms with van der Waals surface area (Å²) in [6, 6.07) is 2.62. The number of rotatable bonds is 3. The summed E-state index contributed by atoms with van der Waals surface area (Å²) < 4.78 is 22.6. The van der Waals surface area contributed by atoms with Crippen molar-refractivity contribution in [1.29, 1.82) is 0 Å². The van der Waals surface area contributed by atoms with Crippen molar-refractivity contribution >= 4 is 33.2 Å². The van der Waals surface area contributed by atoms with Crippen molar-refractivity contribution in [2.75, 3.05) is 16.9 Å². The molecule has 0 aliphatic carbocycles. The third kappa shape index (κ3) is 3.34. The molecule has 19 heavy (non-hydrogen) atoms. The second-order valence-electron chi connectivity index (χ2n) is 4.24. The van der Waals surface area contributed by atoms with Gasteiger partial charge in [-0.15, -0.1) is 0 Å². The van der Waals surface area contributed by atoms with Gasteiger partial charge in [-0.25, -0.2) is 19.2 Å². The van der Waals surface area contributed by atoms with E-state index in [4.69, 9.17) is 17.4 Å². The maximum absolute atomic E-state index is 12.0. The number of amides is 1. The summed E-state index contributed by atoms with van der Waals surface area (Å²) in [5, 5.41) is 2.79. The number of nitrogens with one attached hydrogen (secondary N) is 2. The highest BCUT2D eigenvalue weighted by molar-refractivity contribution is 7.91. The molecule has 7 nitrogen and oxygen atoms in total. The lowest BCUT2D eigenvalue weighted by Crippen LogP contribution is -2.36. The van der Waals surface area contributed by atoms with Gasteiger partial charge < -0.3 is 10.7 Å². The molecule has 1 aromatic rings. The van der Waals surface area contributed by atoms with Crippen LogP contribution in [0.3, 0.4) is 0 Å². The zero-order valence-electron chi connectivity index (χ0n) is 9.89. The van der Waals surface area contributed by atoms with Crippen molar-refractivity contribution < 1.29 is 13.2 Å². The molecule has 1 unspecified atom stereocenters. The van der Waals surface area contributed by atoms with Crippen LogP contribution < -0.4 is 16.6 Å². The highest BCUT2D eigenvalue weighted by Gasteiger charge is 2.29. The lowest BCUT2D eigenvalue weighted by Gasteiger charge is -2.11. The quantitative estimate of drug-likeness (QED) is 0.532. The summed E-state index contributed by atoms with van der Waals surface area (Å²) in [5.74, 6) is 5.03. The van der Waals surface area contributed by atoms with Crippen LogP contribution in [0.15, 0.2) is 12.1 Å². The first-order valence-corrected chi connectivity index (χ1v) is 7.75. The normalized spacial score (nSPS) is 21.1. The number of sulfone groups is 1. The van der Waals surface area contributed by atoms with E-state index in [1.165, 1.54) is 12.1 Å². The number of pyridine rings is 1. The van der Waals surface area contributed by atoms with E-state index in [0.717, 1.165) is 0 Å². The molecule has 104 valence electrons. The Bertz CT molecular complexity index is 605. The van der Waals surface area contributed by atoms with Gasteiger partial charge in [-0.2, -0.15) is 0 Å². The third-order valence-corrected chi connectivity index (χ3v) is 4.85. The summed E-state index contributed by atoms with van der Waals surface area (Å²) in [6.07, 6.45) is 0.403. The molecule has 1 fully saturated rings. The molecule has 0 bridgehead atoms. The minimum absolute atomic E-state index is 0.0152. The molecule has 1 aliphatic heterocycles. The molecule has 1 atom stereocenters. The molecule has 1 aromatic heterocycles. The zero-order valence-corrected chi connectivity index (χ0v) is 11.5. The second kappa shape index (κ2) is 5.32. The number of carbonyl (C=O) groups is 1. The van der Waals surface area contributed by atoms with Crippen LogP contribution in [-0.2, 0) is 9.84 Å². The Balaban J connectivity index is 2.12. The number of aromatic nitrogens is 1. The SMILES string of the molecule is NNc1ccc(Cl)c(C(=O)NC2CCS(=O)(=O)C2)n1. The van der Waals surface area contributed by atoms with Crippen LogP contribution in [0.2, 0.25) is 5.02 Å². The Morgan fingerprint density at radius 3 is 2.79 bits per heavy atom. The van der Waals surface area contributed by atoms with Gasteiger partial charge >= 0.3 is 0 Å². The van der Waals surface area contributed by atoms with Gasteiger partial charge in [-0.3, -0.25) is 4.79 Å². The summed E-state index contributed by atoms with van der Waals surface area (Å²) in [5.41, 5.74) is 2.33. The summed E-state index contributed by atoms with van der Waals surface area (Å²) >= 11 is 5.88. The standard InChI is InChI=1S/C10H13ClN4O3S/c11-7-1-2-8(15-12)14-9(7)10(16)13-6-3-4-19(17,18)5-6/h1-2,6H,3-5,12H2,(H,13,16)(H,14,15). The summed E-state index contributed by atoms with van der Waals surface area (Å²) in [7, 11) is -3.05. The second-order valence-corrected chi connectivity index (χ2v) is 6.88. The third-order valence-electron chi connectivity index (χ3n) is 2.78. The Morgan fingerprint density at radius 1 is 1.47 bits per heavy atom. The Labute approximate surface area is 115 Å². The summed E-state index contributed by atoms with van der Waals surface area (Å²) in [4.78, 5) is 15.9. The monoisotopic (exact) mass is 304 g/mol. The van der Waals surface area contributed by atoms with Gasteiger partial charge in [0.05, 0.1) is 16.5 Å². The fourth-order valence-corrected chi connectivity index (χ4v) is 3.71. The number of nitrogen functional groups attached to an aromatic ring is 1. The zero-order chi connectivity index (χ0) is 14.0. The van der Waals surface area contributed by atoms with Crippen molar-refractivity contribution in [2.24, 2.45) is 5.84 Å². The van der Waals surface area contributed by atoms with E-state index in [0.29, 0.717) is 12.2 Å². The van der Waals surface area contributed by atoms with Crippen molar-refractivity contribution in [3.05, 3.63) is 22.8 Å². The van der Waals surface area contributed by atoms with Gasteiger partial charge in [0.1, 0.15) is 11.5 Å². The van der Waals surface area contributed by atoms with Crippen LogP contribution in [0.4, 0.5) is 5.82 Å². The van der Waals surface area contributed by atoms with Crippen LogP contribution in [-0.4, -0.2) is 36.9 Å². The van der Waals surface area contributed by atoms with E-state index in [2.05, 4.69) is 15.7 Å². The largest absolute Gasteiger partial charge is 0.347 e. The first-order chi connectivity index (χ1) is 8.91. The molecule has 4 N–H and O–H groups in total. The van der Waals surface area contributed by atoms with Crippen LogP contribution >= 0.6 is 11.6 Å². The Hall–Kier alpha value is -1.38. The molecule has 0 radical (unpaired) electrons. The lowest BCUT2D eigenvalue weighted by molar-refractivity contribution is 0.0936. The number of hydrogen-bond donors (Lipinski definition) is 3. The molecule has 1 saturated heterocycles. The van der Waals surface area contributed by atoms with Gasteiger partial charge in [0.2, 0.25) is 0 Å². The lowest BCUT2D eigenvalue weighted by atomic mass is 10.2. The van der Waals surface area contributed by atoms with Gasteiger partial charge in [0, 0.05) is 6.04 Å². The molecule has 2 heterocycles. The molecular weight excluding hydrogens is 292 g/mol. The average molecular weight is 305 g/mol. The predicted molar refractivity (Wildman–Crippen MR) is 71.6 cm³/mol. The van der Waals surface area contributed by atoms with Crippen molar-refractivity contribution in [3.8, 4) is 0 Å². The minimum atomic E-state index is -3.05. The molecule has 9 heteroatoms. The number of hydrogen-bond acceptors (Lipinski definition) is 6. The first-order valence-electron chi connectivity index (χ1n) is 5.56. The van der Waals surface area contributed by atoms with E-state index in [1.807, 2.05) is 0 Å². The smallest absolute Gasteiger partial charge is 0.271 e.